The molecule has 0 aliphatic heterocycles. The van der Waals surface area contributed by atoms with Crippen LogP contribution in [0, 0.1) is 6.92 Å². The van der Waals surface area contributed by atoms with E-state index < -0.39 is 25.2 Å². The molecule has 4 amide bonds. The number of hydrogen-bond donors (Lipinski definition) is 0. The summed E-state index contributed by atoms with van der Waals surface area (Å²) in [6, 6.07) is 57.1. The fourth-order valence-electron chi connectivity index (χ4n) is 16.3. The number of nitrogens with zero attached hydrogens (tertiary/aromatic N) is 16. The van der Waals surface area contributed by atoms with Crippen LogP contribution >= 0.6 is 0 Å². The molecule has 0 bridgehead atoms. The van der Waals surface area contributed by atoms with Gasteiger partial charge in [0.05, 0.1) is 84.4 Å². The predicted molar refractivity (Wildman–Crippen MR) is 541 cm³/mol. The van der Waals surface area contributed by atoms with Crippen molar-refractivity contribution in [1.29, 1.82) is 0 Å². The Morgan fingerprint density at radius 2 is 0.683 bits per heavy atom. The van der Waals surface area contributed by atoms with E-state index in [1.165, 1.54) is 6.92 Å². The zero-order valence-corrected chi connectivity index (χ0v) is 84.4. The number of aryl methyl sites for hydroxylation is 1. The van der Waals surface area contributed by atoms with Crippen molar-refractivity contribution < 1.29 is 60.1 Å². The van der Waals surface area contributed by atoms with Gasteiger partial charge in [0.2, 0.25) is 23.6 Å². The normalized spacial score (nSPS) is 11.6. The average molecular weight is 1900 g/mol. The monoisotopic (exact) mass is 1900 g/mol. The SMILES string of the molecule is CCCOc1ccc(-c2nn3c(C(C)C)cc(C(C)C)nc3c2CC(=O)N(CC)CC)cc1.CCCOc1ccc(-c2nn3c(C(F)(F)F)cc(C)nc3c2CC(=O)N(CC)CC)cc1.CCN(CC)C(=O)Cc1c(-c2ccc(OCCF)cc2)nn2c(-c3ccccc3)cc(-c3ccccc3)nc12.CCN(CC)C(=O)Cc1c(-c2ccc(OCCF)cc2)nn2c(C(C)(C)C)cc(C(C)(C)C)nc12. The molecule has 0 aliphatic carbocycles. The van der Waals surface area contributed by atoms with Gasteiger partial charge < -0.3 is 38.5 Å². The Labute approximate surface area is 813 Å². The number of ether oxygens (including phenoxy) is 4. The van der Waals surface area contributed by atoms with E-state index in [-0.39, 0.29) is 96.5 Å². The van der Waals surface area contributed by atoms with Crippen molar-refractivity contribution in [3.8, 4) is 90.5 Å². The van der Waals surface area contributed by atoms with Crippen LogP contribution in [0.15, 0.2) is 182 Å². The largest absolute Gasteiger partial charge is 0.494 e. The zero-order valence-electron chi connectivity index (χ0n) is 84.4. The highest BCUT2D eigenvalue weighted by Crippen LogP contribution is 2.40. The van der Waals surface area contributed by atoms with Gasteiger partial charge in [-0.3, -0.25) is 19.2 Å². The second kappa shape index (κ2) is 48.2. The van der Waals surface area contributed by atoms with Gasteiger partial charge in [-0.2, -0.15) is 33.6 Å². The lowest BCUT2D eigenvalue weighted by atomic mass is 9.86. The Morgan fingerprint density at radius 1 is 0.353 bits per heavy atom. The van der Waals surface area contributed by atoms with E-state index in [1.807, 2.05) is 218 Å². The van der Waals surface area contributed by atoms with E-state index in [9.17, 15) is 41.1 Å². The van der Waals surface area contributed by atoms with Gasteiger partial charge in [0.1, 0.15) is 55.3 Å². The smallest absolute Gasteiger partial charge is 0.433 e. The number of fused-ring (bicyclic) bond motifs is 4. The molecule has 14 rings (SSSR count). The van der Waals surface area contributed by atoms with Gasteiger partial charge in [-0.25, -0.2) is 46.8 Å². The number of alkyl halides is 5. The Hall–Kier alpha value is -13.5. The van der Waals surface area contributed by atoms with Crippen molar-refractivity contribution in [3.63, 3.8) is 0 Å². The summed E-state index contributed by atoms with van der Waals surface area (Å²) in [6.07, 6.45) is -2.23. The first-order valence-electron chi connectivity index (χ1n) is 48.5. The zero-order chi connectivity index (χ0) is 101. The molecule has 14 aromatic rings. The molecule has 0 saturated heterocycles. The molecule has 8 heterocycles. The number of aromatic nitrogens is 12. The van der Waals surface area contributed by atoms with Crippen LogP contribution in [-0.2, 0) is 61.9 Å². The van der Waals surface area contributed by atoms with E-state index in [0.29, 0.717) is 111 Å². The highest BCUT2D eigenvalue weighted by atomic mass is 19.4. The van der Waals surface area contributed by atoms with Crippen LogP contribution in [-0.4, -0.2) is 194 Å². The molecule has 24 nitrogen and oxygen atoms in total. The Balaban J connectivity index is 0.000000178. The lowest BCUT2D eigenvalue weighted by Crippen LogP contribution is -2.32. The maximum Gasteiger partial charge on any atom is 0.433 e. The fourth-order valence-corrected chi connectivity index (χ4v) is 16.3. The summed E-state index contributed by atoms with van der Waals surface area (Å²) in [5.41, 5.74) is 17.5. The van der Waals surface area contributed by atoms with Crippen molar-refractivity contribution in [1.82, 2.24) is 78.0 Å². The third kappa shape index (κ3) is 25.9. The summed E-state index contributed by atoms with van der Waals surface area (Å²) in [6.45, 7) is 48.0. The van der Waals surface area contributed by atoms with Crippen molar-refractivity contribution in [2.24, 2.45) is 0 Å². The third-order valence-electron chi connectivity index (χ3n) is 24.0. The van der Waals surface area contributed by atoms with Crippen LogP contribution in [0.25, 0.3) is 90.1 Å². The minimum absolute atomic E-state index is 0.00392. The van der Waals surface area contributed by atoms with Crippen LogP contribution in [0.4, 0.5) is 22.0 Å². The van der Waals surface area contributed by atoms with E-state index >= 15 is 0 Å². The maximum atomic E-state index is 13.7. The first kappa shape index (κ1) is 106. The topological polar surface area (TPSA) is 239 Å². The molecular formula is C110H135F5N16O8. The molecule has 0 atom stereocenters. The molecule has 8 aromatic heterocycles. The molecule has 0 unspecified atom stereocenters. The van der Waals surface area contributed by atoms with Crippen LogP contribution in [0.1, 0.15) is 220 Å². The molecule has 139 heavy (non-hydrogen) atoms. The van der Waals surface area contributed by atoms with Crippen LogP contribution in [0.3, 0.4) is 0 Å². The molecule has 0 saturated carbocycles. The van der Waals surface area contributed by atoms with Crippen LogP contribution in [0.2, 0.25) is 0 Å². The van der Waals surface area contributed by atoms with Crippen molar-refractivity contribution in [2.45, 2.75) is 213 Å². The van der Waals surface area contributed by atoms with E-state index in [1.54, 1.807) is 41.3 Å². The van der Waals surface area contributed by atoms with Crippen molar-refractivity contribution in [2.75, 3.05) is 92.1 Å². The molecule has 6 aromatic carbocycles. The number of amides is 4. The number of hydrogen-bond acceptors (Lipinski definition) is 16. The highest BCUT2D eigenvalue weighted by molar-refractivity contribution is 5.89. The first-order chi connectivity index (χ1) is 66.5. The first-order valence-corrected chi connectivity index (χ1v) is 48.5. The van der Waals surface area contributed by atoms with E-state index in [4.69, 9.17) is 49.2 Å². The predicted octanol–water partition coefficient (Wildman–Crippen LogP) is 23.0. The van der Waals surface area contributed by atoms with Crippen LogP contribution in [0.5, 0.6) is 23.0 Å². The quantitative estimate of drug-likeness (QED) is 0.0332. The second-order valence-corrected chi connectivity index (χ2v) is 36.6. The molecule has 738 valence electrons. The summed E-state index contributed by atoms with van der Waals surface area (Å²) >= 11 is 0. The fraction of sp³-hybridized carbons (Fsp3) is 0.418. The number of carbonyl (C=O) groups is 4. The van der Waals surface area contributed by atoms with Gasteiger partial charge >= 0.3 is 6.18 Å². The molecule has 0 radical (unpaired) electrons. The van der Waals surface area contributed by atoms with Crippen LogP contribution < -0.4 is 18.9 Å². The average Bonchev–Trinajstić information content (AvgIpc) is 1.61. The lowest BCUT2D eigenvalue weighted by Gasteiger charge is -2.25. The lowest BCUT2D eigenvalue weighted by molar-refractivity contribution is -0.142. The molecule has 0 spiro atoms. The number of carbonyl (C=O) groups excluding carboxylic acids is 4. The number of benzene rings is 6. The number of halogens is 5. The summed E-state index contributed by atoms with van der Waals surface area (Å²) in [5.74, 6) is 3.21. The van der Waals surface area contributed by atoms with E-state index in [2.05, 4.69) is 98.4 Å². The van der Waals surface area contributed by atoms with Gasteiger partial charge in [-0.1, -0.05) is 144 Å². The van der Waals surface area contributed by atoms with Gasteiger partial charge in [-0.15, -0.1) is 0 Å². The van der Waals surface area contributed by atoms with Crippen molar-refractivity contribution in [3.05, 3.63) is 238 Å². The minimum Gasteiger partial charge on any atom is -0.494 e. The highest BCUT2D eigenvalue weighted by Gasteiger charge is 2.38. The Kier molecular flexibility index (Phi) is 36.8. The Bertz CT molecular complexity index is 6430. The molecular weight excluding hydrogens is 1770 g/mol. The minimum atomic E-state index is -4.62. The van der Waals surface area contributed by atoms with E-state index in [0.717, 1.165) is 131 Å². The summed E-state index contributed by atoms with van der Waals surface area (Å²) in [4.78, 5) is 79.2. The third-order valence-corrected chi connectivity index (χ3v) is 24.0. The standard InChI is InChI=1S/C32H31FN4O2.C28H39FN4O2.C27H38N4O2.C23H27F3N4O2/c1-3-36(4-2)30(38)21-27-31(25-15-17-26(18-16-25)39-20-19-33)35-37-29(24-13-9-6-10-14-24)22-28(34-32(27)37)23-11-7-5-8-12-23;1-9-32(10-2)24(34)17-21-25(19-11-13-20(14-12-19)35-16-15-29)31-33-23(28(6,7)8)18-22(27(3,4)5)30-26(21)33;1-8-15-33-21-13-11-20(12-14-21)26-22(16-25(32)30(9-2)10-3)27-28-23(18(4)5)17-24(19(6)7)31(27)29-26;1-5-12-32-17-10-8-16(9-11-17)21-18(14-20(31)29(6-2)7-3)22-27-15(4)13-19(23(24,25)26)30(22)28-21/h5-18,22H,3-4,19-21H2,1-2H3;11-14,18H,9-10,15-17H2,1-8H3;11-14,17-19H,8-10,15-16H2,1-7H3;8-11,13H,5-7,12,14H2,1-4H3. The molecule has 0 N–H and O–H groups in total. The van der Waals surface area contributed by atoms with Gasteiger partial charge in [0.25, 0.3) is 0 Å². The number of likely N-dealkylation sites (N-methyl/N-ethyl adjacent to an activating group) is 4. The molecule has 0 aliphatic rings. The summed E-state index contributed by atoms with van der Waals surface area (Å²) < 4.78 is 95.0. The van der Waals surface area contributed by atoms with Crippen molar-refractivity contribution >= 4 is 46.2 Å². The van der Waals surface area contributed by atoms with Gasteiger partial charge in [-0.05, 0) is 208 Å². The second-order valence-electron chi connectivity index (χ2n) is 36.6. The molecule has 29 heteroatoms. The summed E-state index contributed by atoms with van der Waals surface area (Å²) in [7, 11) is 0. The Morgan fingerprint density at radius 3 is 1.01 bits per heavy atom. The number of rotatable bonds is 36. The summed E-state index contributed by atoms with van der Waals surface area (Å²) in [5, 5.41) is 19.3. The maximum absolute atomic E-state index is 13.7. The molecule has 0 fully saturated rings. The van der Waals surface area contributed by atoms with Gasteiger partial charge in [0.15, 0.2) is 22.6 Å². The van der Waals surface area contributed by atoms with Gasteiger partial charge in [0, 0.05) is 136 Å².